The number of carbonyl (C=O) groups excluding carboxylic acids is 1. The Balaban J connectivity index is 1.43. The lowest BCUT2D eigenvalue weighted by atomic mass is 10.2. The van der Waals surface area contributed by atoms with Crippen molar-refractivity contribution in [1.29, 1.82) is 0 Å². The smallest absolute Gasteiger partial charge is 0.254 e. The number of aromatic nitrogens is 3. The summed E-state index contributed by atoms with van der Waals surface area (Å²) in [4.78, 5) is 12.0. The predicted molar refractivity (Wildman–Crippen MR) is 106 cm³/mol. The molecule has 1 amide bonds. The minimum atomic E-state index is -0.532. The van der Waals surface area contributed by atoms with Crippen LogP contribution in [0, 0.1) is 5.82 Å². The van der Waals surface area contributed by atoms with Crippen molar-refractivity contribution in [3.05, 3.63) is 71.8 Å². The molecule has 1 aromatic heterocycles. The second kappa shape index (κ2) is 9.89. The molecule has 0 spiro atoms. The first-order chi connectivity index (χ1) is 13.6. The summed E-state index contributed by atoms with van der Waals surface area (Å²) in [7, 11) is 1.88. The van der Waals surface area contributed by atoms with Crippen molar-refractivity contribution in [2.45, 2.75) is 11.6 Å². The molecule has 0 aliphatic carbocycles. The average Bonchev–Trinajstić information content (AvgIpc) is 3.06. The summed E-state index contributed by atoms with van der Waals surface area (Å²) < 4.78 is 21.2. The number of hydrogen-bond donors (Lipinski definition) is 1. The quantitative estimate of drug-likeness (QED) is 0.442. The standard InChI is InChI=1S/C20H21FN4O2S/c1-25-18(11-12-22-19(26)16-9-5-6-10-17(16)21)23-24-20(25)28-14-13-27-15-7-3-2-4-8-15/h2-10H,11-14H2,1H3,(H,22,26). The van der Waals surface area contributed by atoms with Gasteiger partial charge >= 0.3 is 0 Å². The van der Waals surface area contributed by atoms with Crippen LogP contribution in [0.2, 0.25) is 0 Å². The van der Waals surface area contributed by atoms with Crippen molar-refractivity contribution >= 4 is 17.7 Å². The molecule has 1 heterocycles. The van der Waals surface area contributed by atoms with Gasteiger partial charge in [-0.15, -0.1) is 10.2 Å². The maximum atomic E-state index is 13.6. The van der Waals surface area contributed by atoms with E-state index in [9.17, 15) is 9.18 Å². The molecule has 0 bridgehead atoms. The number of nitrogens with zero attached hydrogens (tertiary/aromatic N) is 3. The van der Waals surface area contributed by atoms with Crippen molar-refractivity contribution in [2.24, 2.45) is 7.05 Å². The van der Waals surface area contributed by atoms with Crippen LogP contribution in [0.4, 0.5) is 4.39 Å². The molecule has 146 valence electrons. The Hall–Kier alpha value is -2.87. The molecular weight excluding hydrogens is 379 g/mol. The van der Waals surface area contributed by atoms with Crippen LogP contribution >= 0.6 is 11.8 Å². The highest BCUT2D eigenvalue weighted by Gasteiger charge is 2.12. The Morgan fingerprint density at radius 3 is 2.68 bits per heavy atom. The van der Waals surface area contributed by atoms with Crippen LogP contribution in [0.3, 0.4) is 0 Å². The van der Waals surface area contributed by atoms with Crippen molar-refractivity contribution in [1.82, 2.24) is 20.1 Å². The minimum absolute atomic E-state index is 0.0372. The first kappa shape index (κ1) is 19.9. The van der Waals surface area contributed by atoms with E-state index in [0.717, 1.165) is 22.5 Å². The van der Waals surface area contributed by atoms with Crippen LogP contribution < -0.4 is 10.1 Å². The highest BCUT2D eigenvalue weighted by atomic mass is 32.2. The Bertz CT molecular complexity index is 918. The SMILES string of the molecule is Cn1c(CCNC(=O)c2ccccc2F)nnc1SCCOc1ccccc1. The molecule has 28 heavy (non-hydrogen) atoms. The molecule has 3 aromatic rings. The Kier molecular flexibility index (Phi) is 7.02. The summed E-state index contributed by atoms with van der Waals surface area (Å²) in [6, 6.07) is 15.6. The van der Waals surface area contributed by atoms with Gasteiger partial charge in [-0.2, -0.15) is 0 Å². The lowest BCUT2D eigenvalue weighted by Crippen LogP contribution is -2.27. The fourth-order valence-corrected chi connectivity index (χ4v) is 3.27. The first-order valence-electron chi connectivity index (χ1n) is 8.87. The molecule has 0 radical (unpaired) electrons. The van der Waals surface area contributed by atoms with E-state index in [-0.39, 0.29) is 5.56 Å². The normalized spacial score (nSPS) is 10.6. The molecule has 8 heteroatoms. The van der Waals surface area contributed by atoms with Crippen LogP contribution in [0.5, 0.6) is 5.75 Å². The fraction of sp³-hybridized carbons (Fsp3) is 0.250. The molecule has 2 aromatic carbocycles. The largest absolute Gasteiger partial charge is 0.493 e. The average molecular weight is 400 g/mol. The molecule has 0 saturated carbocycles. The number of ether oxygens (including phenoxy) is 1. The van der Waals surface area contributed by atoms with E-state index in [1.54, 1.807) is 23.9 Å². The van der Waals surface area contributed by atoms with E-state index in [4.69, 9.17) is 4.74 Å². The van der Waals surface area contributed by atoms with Gasteiger partial charge in [-0.25, -0.2) is 4.39 Å². The Morgan fingerprint density at radius 2 is 1.89 bits per heavy atom. The van der Waals surface area contributed by atoms with Crippen LogP contribution in [-0.2, 0) is 13.5 Å². The van der Waals surface area contributed by atoms with Gasteiger partial charge in [-0.05, 0) is 24.3 Å². The molecule has 3 rings (SSSR count). The monoisotopic (exact) mass is 400 g/mol. The topological polar surface area (TPSA) is 69.0 Å². The third-order valence-electron chi connectivity index (χ3n) is 4.00. The summed E-state index contributed by atoms with van der Waals surface area (Å²) in [6.45, 7) is 0.913. The Morgan fingerprint density at radius 1 is 1.14 bits per heavy atom. The second-order valence-corrected chi connectivity index (χ2v) is 7.02. The summed E-state index contributed by atoms with van der Waals surface area (Å²) in [5.74, 6) is 1.36. The van der Waals surface area contributed by atoms with Crippen molar-refractivity contribution in [3.8, 4) is 5.75 Å². The molecule has 0 fully saturated rings. The lowest BCUT2D eigenvalue weighted by molar-refractivity contribution is 0.0950. The van der Waals surface area contributed by atoms with Crippen LogP contribution in [-0.4, -0.2) is 39.6 Å². The highest BCUT2D eigenvalue weighted by Crippen LogP contribution is 2.16. The zero-order valence-electron chi connectivity index (χ0n) is 15.5. The maximum absolute atomic E-state index is 13.6. The summed E-state index contributed by atoms with van der Waals surface area (Å²) in [5.41, 5.74) is 0.0372. The van der Waals surface area contributed by atoms with E-state index < -0.39 is 11.7 Å². The number of rotatable bonds is 9. The molecule has 1 N–H and O–H groups in total. The van der Waals surface area contributed by atoms with Gasteiger partial charge in [-0.1, -0.05) is 42.1 Å². The zero-order valence-corrected chi connectivity index (χ0v) is 16.3. The van der Waals surface area contributed by atoms with E-state index in [1.807, 2.05) is 41.9 Å². The van der Waals surface area contributed by atoms with Gasteiger partial charge in [0.15, 0.2) is 5.16 Å². The van der Waals surface area contributed by atoms with E-state index in [1.165, 1.54) is 12.1 Å². The van der Waals surface area contributed by atoms with Gasteiger partial charge in [0.1, 0.15) is 17.4 Å². The van der Waals surface area contributed by atoms with Gasteiger partial charge in [-0.3, -0.25) is 4.79 Å². The predicted octanol–water partition coefficient (Wildman–Crippen LogP) is 3.10. The van der Waals surface area contributed by atoms with Gasteiger partial charge in [0, 0.05) is 25.8 Å². The molecular formula is C20H21FN4O2S. The lowest BCUT2D eigenvalue weighted by Gasteiger charge is -2.07. The third kappa shape index (κ3) is 5.32. The highest BCUT2D eigenvalue weighted by molar-refractivity contribution is 7.99. The number of nitrogens with one attached hydrogen (secondary N) is 1. The maximum Gasteiger partial charge on any atom is 0.254 e. The van der Waals surface area contributed by atoms with Crippen LogP contribution in [0.25, 0.3) is 0 Å². The second-order valence-electron chi connectivity index (χ2n) is 5.95. The number of carbonyl (C=O) groups is 1. The van der Waals surface area contributed by atoms with Crippen molar-refractivity contribution < 1.29 is 13.9 Å². The number of thioether (sulfide) groups is 1. The number of benzene rings is 2. The Labute approximate surface area is 167 Å². The third-order valence-corrected chi connectivity index (χ3v) is 4.99. The van der Waals surface area contributed by atoms with E-state index in [0.29, 0.717) is 19.6 Å². The van der Waals surface area contributed by atoms with Gasteiger partial charge in [0.05, 0.1) is 12.2 Å². The van der Waals surface area contributed by atoms with Gasteiger partial charge in [0.2, 0.25) is 0 Å². The van der Waals surface area contributed by atoms with E-state index >= 15 is 0 Å². The van der Waals surface area contributed by atoms with Gasteiger partial charge in [0.25, 0.3) is 5.91 Å². The molecule has 6 nitrogen and oxygen atoms in total. The van der Waals surface area contributed by atoms with Gasteiger partial charge < -0.3 is 14.6 Å². The number of amides is 1. The van der Waals surface area contributed by atoms with Crippen LogP contribution in [0.15, 0.2) is 59.8 Å². The first-order valence-corrected chi connectivity index (χ1v) is 9.85. The fourth-order valence-electron chi connectivity index (χ4n) is 2.53. The number of halogens is 1. The summed E-state index contributed by atoms with van der Waals surface area (Å²) >= 11 is 1.55. The summed E-state index contributed by atoms with van der Waals surface area (Å²) in [6.07, 6.45) is 0.505. The zero-order chi connectivity index (χ0) is 19.8. The van der Waals surface area contributed by atoms with Crippen molar-refractivity contribution in [3.63, 3.8) is 0 Å². The molecule has 0 atom stereocenters. The van der Waals surface area contributed by atoms with Crippen LogP contribution in [0.1, 0.15) is 16.2 Å². The molecule has 0 aliphatic rings. The minimum Gasteiger partial charge on any atom is -0.493 e. The molecule has 0 unspecified atom stereocenters. The summed E-state index contributed by atoms with van der Waals surface area (Å²) in [5, 5.41) is 11.8. The molecule has 0 saturated heterocycles. The molecule has 0 aliphatic heterocycles. The van der Waals surface area contributed by atoms with Crippen molar-refractivity contribution in [2.75, 3.05) is 18.9 Å². The number of para-hydroxylation sites is 1. The number of hydrogen-bond acceptors (Lipinski definition) is 5. The van der Waals surface area contributed by atoms with E-state index in [2.05, 4.69) is 15.5 Å².